The molecule has 0 radical (unpaired) electrons. The molecule has 0 aliphatic carbocycles. The summed E-state index contributed by atoms with van der Waals surface area (Å²) in [5.41, 5.74) is 2.89. The van der Waals surface area contributed by atoms with Gasteiger partial charge >= 0.3 is 0 Å². The SMILES string of the molecule is c1ccc(C(CCC2CNC2)c2ccccc2)cc1. The summed E-state index contributed by atoms with van der Waals surface area (Å²) in [6, 6.07) is 21.8. The van der Waals surface area contributed by atoms with E-state index in [9.17, 15) is 0 Å². The number of hydrogen-bond acceptors (Lipinski definition) is 1. The number of rotatable bonds is 5. The lowest BCUT2D eigenvalue weighted by atomic mass is 9.84. The summed E-state index contributed by atoms with van der Waals surface area (Å²) in [4.78, 5) is 0. The second-order valence-electron chi connectivity index (χ2n) is 5.48. The van der Waals surface area contributed by atoms with E-state index in [1.54, 1.807) is 0 Å². The van der Waals surface area contributed by atoms with Crippen LogP contribution in [-0.2, 0) is 0 Å². The summed E-state index contributed by atoms with van der Waals surface area (Å²) in [6.07, 6.45) is 2.57. The fourth-order valence-electron chi connectivity index (χ4n) is 2.85. The Morgan fingerprint density at radius 3 is 1.79 bits per heavy atom. The van der Waals surface area contributed by atoms with E-state index in [2.05, 4.69) is 66.0 Å². The maximum absolute atomic E-state index is 3.36. The maximum atomic E-state index is 3.36. The molecule has 1 heteroatoms. The third-order valence-corrected chi connectivity index (χ3v) is 4.13. The van der Waals surface area contributed by atoms with Gasteiger partial charge in [-0.25, -0.2) is 0 Å². The van der Waals surface area contributed by atoms with Gasteiger partial charge in [0.25, 0.3) is 0 Å². The summed E-state index contributed by atoms with van der Waals surface area (Å²) < 4.78 is 0. The van der Waals surface area contributed by atoms with Crippen molar-refractivity contribution in [3.63, 3.8) is 0 Å². The second kappa shape index (κ2) is 6.03. The molecule has 3 rings (SSSR count). The Balaban J connectivity index is 1.78. The quantitative estimate of drug-likeness (QED) is 0.852. The smallest absolute Gasteiger partial charge is 0.00894 e. The minimum absolute atomic E-state index is 0.544. The minimum atomic E-state index is 0.544. The molecule has 0 amide bonds. The highest BCUT2D eigenvalue weighted by Gasteiger charge is 2.20. The lowest BCUT2D eigenvalue weighted by Crippen LogP contribution is -2.41. The molecule has 1 saturated heterocycles. The molecule has 0 aromatic heterocycles. The maximum Gasteiger partial charge on any atom is 0.00894 e. The predicted octanol–water partition coefficient (Wildman–Crippen LogP) is 3.82. The molecule has 0 spiro atoms. The highest BCUT2D eigenvalue weighted by Crippen LogP contribution is 2.31. The largest absolute Gasteiger partial charge is 0.316 e. The van der Waals surface area contributed by atoms with Crippen molar-refractivity contribution >= 4 is 0 Å². The lowest BCUT2D eigenvalue weighted by Gasteiger charge is -2.29. The van der Waals surface area contributed by atoms with Crippen LogP contribution in [0.1, 0.15) is 29.9 Å². The topological polar surface area (TPSA) is 12.0 Å². The summed E-state index contributed by atoms with van der Waals surface area (Å²) in [5.74, 6) is 1.43. The first-order chi connectivity index (χ1) is 9.43. The monoisotopic (exact) mass is 251 g/mol. The van der Waals surface area contributed by atoms with Crippen molar-refractivity contribution in [2.45, 2.75) is 18.8 Å². The summed E-state index contributed by atoms with van der Waals surface area (Å²) >= 11 is 0. The van der Waals surface area contributed by atoms with E-state index in [1.165, 1.54) is 37.1 Å². The van der Waals surface area contributed by atoms with Gasteiger partial charge in [-0.15, -0.1) is 0 Å². The van der Waals surface area contributed by atoms with Gasteiger partial charge < -0.3 is 5.32 Å². The van der Waals surface area contributed by atoms with Gasteiger partial charge in [0.15, 0.2) is 0 Å². The molecular weight excluding hydrogens is 230 g/mol. The molecule has 0 atom stereocenters. The van der Waals surface area contributed by atoms with E-state index in [0.29, 0.717) is 5.92 Å². The predicted molar refractivity (Wildman–Crippen MR) is 80.3 cm³/mol. The molecule has 1 heterocycles. The summed E-state index contributed by atoms with van der Waals surface area (Å²) in [7, 11) is 0. The van der Waals surface area contributed by atoms with Crippen molar-refractivity contribution in [3.05, 3.63) is 71.8 Å². The fraction of sp³-hybridized carbons (Fsp3) is 0.333. The Morgan fingerprint density at radius 2 is 1.37 bits per heavy atom. The molecule has 19 heavy (non-hydrogen) atoms. The minimum Gasteiger partial charge on any atom is -0.316 e. The molecule has 0 unspecified atom stereocenters. The highest BCUT2D eigenvalue weighted by molar-refractivity contribution is 5.32. The molecule has 0 saturated carbocycles. The van der Waals surface area contributed by atoms with Gasteiger partial charge in [-0.1, -0.05) is 60.7 Å². The van der Waals surface area contributed by atoms with Crippen molar-refractivity contribution in [2.24, 2.45) is 5.92 Å². The first-order valence-corrected chi connectivity index (χ1v) is 7.24. The Labute approximate surface area is 115 Å². The van der Waals surface area contributed by atoms with Crippen LogP contribution >= 0.6 is 0 Å². The Bertz CT molecular complexity index is 448. The molecule has 1 aliphatic heterocycles. The second-order valence-corrected chi connectivity index (χ2v) is 5.48. The molecule has 1 fully saturated rings. The first-order valence-electron chi connectivity index (χ1n) is 7.24. The zero-order valence-corrected chi connectivity index (χ0v) is 11.3. The van der Waals surface area contributed by atoms with Crippen molar-refractivity contribution in [2.75, 3.05) is 13.1 Å². The first kappa shape index (κ1) is 12.4. The Morgan fingerprint density at radius 1 is 0.842 bits per heavy atom. The molecule has 2 aromatic carbocycles. The molecule has 1 N–H and O–H groups in total. The third-order valence-electron chi connectivity index (χ3n) is 4.13. The summed E-state index contributed by atoms with van der Waals surface area (Å²) in [6.45, 7) is 2.41. The van der Waals surface area contributed by atoms with Crippen LogP contribution in [0.25, 0.3) is 0 Å². The molecule has 0 bridgehead atoms. The Kier molecular flexibility index (Phi) is 3.95. The van der Waals surface area contributed by atoms with Crippen LogP contribution in [0.15, 0.2) is 60.7 Å². The van der Waals surface area contributed by atoms with Crippen LogP contribution in [0.5, 0.6) is 0 Å². The normalized spacial score (nSPS) is 15.4. The molecule has 2 aromatic rings. The Hall–Kier alpha value is -1.60. The zero-order valence-electron chi connectivity index (χ0n) is 11.3. The van der Waals surface area contributed by atoms with Crippen LogP contribution in [0.4, 0.5) is 0 Å². The van der Waals surface area contributed by atoms with Gasteiger partial charge in [0.1, 0.15) is 0 Å². The van der Waals surface area contributed by atoms with Gasteiger partial charge in [0.2, 0.25) is 0 Å². The van der Waals surface area contributed by atoms with E-state index in [1.807, 2.05) is 0 Å². The number of benzene rings is 2. The highest BCUT2D eigenvalue weighted by atomic mass is 14.9. The van der Waals surface area contributed by atoms with Crippen LogP contribution in [-0.4, -0.2) is 13.1 Å². The molecule has 98 valence electrons. The van der Waals surface area contributed by atoms with E-state index < -0.39 is 0 Å². The molecular formula is C18H21N. The van der Waals surface area contributed by atoms with Gasteiger partial charge in [-0.05, 0) is 43.0 Å². The van der Waals surface area contributed by atoms with E-state index in [4.69, 9.17) is 0 Å². The van der Waals surface area contributed by atoms with Gasteiger partial charge in [-0.3, -0.25) is 0 Å². The van der Waals surface area contributed by atoms with Crippen molar-refractivity contribution in [3.8, 4) is 0 Å². The number of hydrogen-bond donors (Lipinski definition) is 1. The van der Waals surface area contributed by atoms with Crippen LogP contribution < -0.4 is 5.32 Å². The van der Waals surface area contributed by atoms with Crippen LogP contribution in [0.2, 0.25) is 0 Å². The molecule has 1 nitrogen and oxygen atoms in total. The number of nitrogens with one attached hydrogen (secondary N) is 1. The molecule has 1 aliphatic rings. The third kappa shape index (κ3) is 3.05. The van der Waals surface area contributed by atoms with Crippen molar-refractivity contribution in [1.29, 1.82) is 0 Å². The average molecular weight is 251 g/mol. The van der Waals surface area contributed by atoms with Crippen LogP contribution in [0.3, 0.4) is 0 Å². The average Bonchev–Trinajstić information content (AvgIpc) is 2.43. The standard InChI is InChI=1S/C18H21N/c1-3-7-16(8-4-1)18(12-11-15-13-19-14-15)17-9-5-2-6-10-17/h1-10,15,18-19H,11-14H2. The van der Waals surface area contributed by atoms with Crippen molar-refractivity contribution in [1.82, 2.24) is 5.32 Å². The van der Waals surface area contributed by atoms with E-state index >= 15 is 0 Å². The fourth-order valence-corrected chi connectivity index (χ4v) is 2.85. The van der Waals surface area contributed by atoms with Crippen LogP contribution in [0, 0.1) is 5.92 Å². The van der Waals surface area contributed by atoms with Gasteiger partial charge in [0, 0.05) is 5.92 Å². The zero-order chi connectivity index (χ0) is 12.9. The lowest BCUT2D eigenvalue weighted by molar-refractivity contribution is 0.316. The van der Waals surface area contributed by atoms with E-state index in [-0.39, 0.29) is 0 Å². The van der Waals surface area contributed by atoms with Gasteiger partial charge in [0.05, 0.1) is 0 Å². The van der Waals surface area contributed by atoms with Gasteiger partial charge in [-0.2, -0.15) is 0 Å². The van der Waals surface area contributed by atoms with Crippen molar-refractivity contribution < 1.29 is 0 Å². The summed E-state index contributed by atoms with van der Waals surface area (Å²) in [5, 5.41) is 3.36. The van der Waals surface area contributed by atoms with E-state index in [0.717, 1.165) is 5.92 Å².